The maximum Gasteiger partial charge on any atom is 0.0452 e. The summed E-state index contributed by atoms with van der Waals surface area (Å²) in [5.41, 5.74) is 8.19. The zero-order chi connectivity index (χ0) is 9.26. The van der Waals surface area contributed by atoms with E-state index in [1.807, 2.05) is 18.2 Å². The Morgan fingerprint density at radius 1 is 1.46 bits per heavy atom. The lowest BCUT2D eigenvalue weighted by Crippen LogP contribution is -2.05. The summed E-state index contributed by atoms with van der Waals surface area (Å²) in [5, 5.41) is 10.6. The fourth-order valence-electron chi connectivity index (χ4n) is 1.32. The van der Waals surface area contributed by atoms with Crippen LogP contribution in [0.1, 0.15) is 18.4 Å². The van der Waals surface area contributed by atoms with Gasteiger partial charge in [0, 0.05) is 29.2 Å². The lowest BCUT2D eigenvalue weighted by molar-refractivity contribution is 1.15. The normalized spacial score (nSPS) is 15.4. The summed E-state index contributed by atoms with van der Waals surface area (Å²) in [6.45, 7) is 0. The summed E-state index contributed by atoms with van der Waals surface area (Å²) in [5.74, 6) is 0. The fraction of sp³-hybridized carbons (Fsp3) is 0.300. The Morgan fingerprint density at radius 3 is 2.85 bits per heavy atom. The van der Waals surface area contributed by atoms with Gasteiger partial charge in [0.25, 0.3) is 0 Å². The third kappa shape index (κ3) is 1.64. The van der Waals surface area contributed by atoms with Gasteiger partial charge in [-0.1, -0.05) is 6.07 Å². The number of benzene rings is 1. The van der Waals surface area contributed by atoms with E-state index in [2.05, 4.69) is 5.32 Å². The van der Waals surface area contributed by atoms with E-state index in [0.717, 1.165) is 11.3 Å². The minimum atomic E-state index is 0.598. The Bertz CT molecular complexity index is 329. The second-order valence-corrected chi connectivity index (χ2v) is 3.37. The molecule has 4 N–H and O–H groups in total. The molecule has 1 aromatic carbocycles. The van der Waals surface area contributed by atoms with Gasteiger partial charge in [-0.05, 0) is 25.0 Å². The van der Waals surface area contributed by atoms with Crippen LogP contribution in [-0.2, 0) is 0 Å². The minimum Gasteiger partial charge on any atom is -0.398 e. The SMILES string of the molecule is N=Cc1c(N)cccc1NC1CC1. The van der Waals surface area contributed by atoms with E-state index in [1.54, 1.807) is 0 Å². The van der Waals surface area contributed by atoms with Gasteiger partial charge in [0.05, 0.1) is 0 Å². The molecule has 0 atom stereocenters. The number of hydrogen-bond donors (Lipinski definition) is 3. The molecule has 0 aliphatic heterocycles. The monoisotopic (exact) mass is 175 g/mol. The molecule has 3 heteroatoms. The van der Waals surface area contributed by atoms with Crippen LogP contribution in [0.15, 0.2) is 18.2 Å². The maximum absolute atomic E-state index is 7.25. The Balaban J connectivity index is 2.30. The molecule has 0 heterocycles. The highest BCUT2D eigenvalue weighted by Crippen LogP contribution is 2.28. The summed E-state index contributed by atoms with van der Waals surface area (Å²) in [7, 11) is 0. The van der Waals surface area contributed by atoms with Crippen molar-refractivity contribution in [3.05, 3.63) is 23.8 Å². The fourth-order valence-corrected chi connectivity index (χ4v) is 1.32. The number of hydrogen-bond acceptors (Lipinski definition) is 3. The van der Waals surface area contributed by atoms with Crippen LogP contribution in [0.25, 0.3) is 0 Å². The molecule has 0 spiro atoms. The topological polar surface area (TPSA) is 61.9 Å². The molecule has 2 rings (SSSR count). The van der Waals surface area contributed by atoms with Gasteiger partial charge in [-0.3, -0.25) is 0 Å². The molecule has 0 unspecified atom stereocenters. The van der Waals surface area contributed by atoms with Crippen LogP contribution >= 0.6 is 0 Å². The number of nitrogens with one attached hydrogen (secondary N) is 2. The first-order valence-electron chi connectivity index (χ1n) is 4.47. The van der Waals surface area contributed by atoms with Gasteiger partial charge in [0.2, 0.25) is 0 Å². The molecule has 1 saturated carbocycles. The molecule has 3 nitrogen and oxygen atoms in total. The smallest absolute Gasteiger partial charge is 0.0452 e. The molecule has 0 aromatic heterocycles. The largest absolute Gasteiger partial charge is 0.398 e. The second-order valence-electron chi connectivity index (χ2n) is 3.37. The molecule has 0 saturated heterocycles. The Morgan fingerprint density at radius 2 is 2.23 bits per heavy atom. The molecule has 1 fully saturated rings. The van der Waals surface area contributed by atoms with Gasteiger partial charge < -0.3 is 16.5 Å². The predicted octanol–water partition coefficient (Wildman–Crippen LogP) is 1.84. The van der Waals surface area contributed by atoms with E-state index in [0.29, 0.717) is 11.7 Å². The lowest BCUT2D eigenvalue weighted by atomic mass is 10.1. The molecule has 1 aliphatic rings. The van der Waals surface area contributed by atoms with Gasteiger partial charge in [0.15, 0.2) is 0 Å². The summed E-state index contributed by atoms with van der Waals surface area (Å²) >= 11 is 0. The van der Waals surface area contributed by atoms with Gasteiger partial charge in [0.1, 0.15) is 0 Å². The highest BCUT2D eigenvalue weighted by molar-refractivity contribution is 5.92. The number of nitrogens with two attached hydrogens (primary N) is 1. The van der Waals surface area contributed by atoms with Crippen molar-refractivity contribution in [3.8, 4) is 0 Å². The summed E-state index contributed by atoms with van der Waals surface area (Å²) in [6, 6.07) is 6.29. The summed E-state index contributed by atoms with van der Waals surface area (Å²) in [4.78, 5) is 0. The van der Waals surface area contributed by atoms with Crippen LogP contribution in [-0.4, -0.2) is 12.3 Å². The van der Waals surface area contributed by atoms with Crippen molar-refractivity contribution >= 4 is 17.6 Å². The number of rotatable bonds is 3. The quantitative estimate of drug-likeness (QED) is 0.485. The second kappa shape index (κ2) is 3.09. The van der Waals surface area contributed by atoms with Gasteiger partial charge >= 0.3 is 0 Å². The van der Waals surface area contributed by atoms with Gasteiger partial charge in [-0.15, -0.1) is 0 Å². The molecule has 1 aromatic rings. The number of nitrogen functional groups attached to an aromatic ring is 1. The number of anilines is 2. The van der Waals surface area contributed by atoms with Crippen molar-refractivity contribution < 1.29 is 0 Å². The molecular formula is C10H13N3. The van der Waals surface area contributed by atoms with Crippen molar-refractivity contribution in [1.82, 2.24) is 0 Å². The van der Waals surface area contributed by atoms with Crippen LogP contribution < -0.4 is 11.1 Å². The molecule has 0 radical (unpaired) electrons. The van der Waals surface area contributed by atoms with Crippen LogP contribution in [0.3, 0.4) is 0 Å². The first-order valence-corrected chi connectivity index (χ1v) is 4.47. The lowest BCUT2D eigenvalue weighted by Gasteiger charge is -2.09. The zero-order valence-electron chi connectivity index (χ0n) is 7.38. The Labute approximate surface area is 77.5 Å². The first-order chi connectivity index (χ1) is 6.31. The Kier molecular flexibility index (Phi) is 1.93. The standard InChI is InChI=1S/C10H13N3/c11-6-8-9(12)2-1-3-10(8)13-7-4-5-7/h1-3,6-7,11,13H,4-5,12H2. The van der Waals surface area contributed by atoms with Crippen molar-refractivity contribution in [1.29, 1.82) is 5.41 Å². The van der Waals surface area contributed by atoms with Crippen molar-refractivity contribution in [3.63, 3.8) is 0 Å². The molecule has 0 bridgehead atoms. The van der Waals surface area contributed by atoms with E-state index in [-0.39, 0.29) is 0 Å². The highest BCUT2D eigenvalue weighted by Gasteiger charge is 2.21. The van der Waals surface area contributed by atoms with E-state index in [1.165, 1.54) is 19.1 Å². The van der Waals surface area contributed by atoms with Crippen LogP contribution in [0.5, 0.6) is 0 Å². The van der Waals surface area contributed by atoms with Gasteiger partial charge in [-0.25, -0.2) is 0 Å². The van der Waals surface area contributed by atoms with E-state index < -0.39 is 0 Å². The first kappa shape index (κ1) is 8.10. The minimum absolute atomic E-state index is 0.598. The molecule has 1 aliphatic carbocycles. The van der Waals surface area contributed by atoms with E-state index >= 15 is 0 Å². The zero-order valence-corrected chi connectivity index (χ0v) is 7.38. The van der Waals surface area contributed by atoms with Crippen molar-refractivity contribution in [2.75, 3.05) is 11.1 Å². The summed E-state index contributed by atoms with van der Waals surface area (Å²) in [6.07, 6.45) is 3.76. The molecular weight excluding hydrogens is 162 g/mol. The highest BCUT2D eigenvalue weighted by atomic mass is 15.0. The average molecular weight is 175 g/mol. The average Bonchev–Trinajstić information content (AvgIpc) is 2.89. The van der Waals surface area contributed by atoms with E-state index in [4.69, 9.17) is 11.1 Å². The van der Waals surface area contributed by atoms with Crippen molar-refractivity contribution in [2.45, 2.75) is 18.9 Å². The van der Waals surface area contributed by atoms with Crippen molar-refractivity contribution in [2.24, 2.45) is 0 Å². The third-order valence-electron chi connectivity index (χ3n) is 2.22. The maximum atomic E-state index is 7.25. The summed E-state index contributed by atoms with van der Waals surface area (Å²) < 4.78 is 0. The van der Waals surface area contributed by atoms with Crippen LogP contribution in [0.4, 0.5) is 11.4 Å². The van der Waals surface area contributed by atoms with E-state index in [9.17, 15) is 0 Å². The van der Waals surface area contributed by atoms with Crippen LogP contribution in [0, 0.1) is 5.41 Å². The molecule has 68 valence electrons. The predicted molar refractivity (Wildman–Crippen MR) is 55.4 cm³/mol. The third-order valence-corrected chi connectivity index (χ3v) is 2.22. The van der Waals surface area contributed by atoms with Crippen LogP contribution in [0.2, 0.25) is 0 Å². The molecule has 0 amide bonds. The van der Waals surface area contributed by atoms with Gasteiger partial charge in [-0.2, -0.15) is 0 Å². The molecule has 13 heavy (non-hydrogen) atoms. The Hall–Kier alpha value is -1.51.